The number of aliphatic hydroxyl groups is 1. The molecule has 0 amide bonds. The van der Waals surface area contributed by atoms with E-state index in [-0.39, 0.29) is 4.90 Å². The van der Waals surface area contributed by atoms with Crippen LogP contribution in [0.25, 0.3) is 10.8 Å². The predicted octanol–water partition coefficient (Wildman–Crippen LogP) is 1.78. The molecule has 2 aromatic rings. The molecule has 1 N–H and O–H groups in total. The molecule has 0 spiro atoms. The third-order valence-electron chi connectivity index (χ3n) is 2.24. The van der Waals surface area contributed by atoms with Gasteiger partial charge >= 0.3 is 0 Å². The standard InChI is InChI=1S/C11H10O3S.CH4O/c1-14-15(12,13)11-8-4-6-9-5-2-3-7-10(9)11;1-2/h2-8H,1H3;2H,1H3. The van der Waals surface area contributed by atoms with Gasteiger partial charge in [0.25, 0.3) is 10.1 Å². The minimum absolute atomic E-state index is 0.211. The summed E-state index contributed by atoms with van der Waals surface area (Å²) < 4.78 is 27.7. The fourth-order valence-corrected chi connectivity index (χ4v) is 2.38. The van der Waals surface area contributed by atoms with Crippen molar-refractivity contribution in [2.45, 2.75) is 4.90 Å². The van der Waals surface area contributed by atoms with E-state index in [4.69, 9.17) is 5.11 Å². The molecule has 2 aromatic carbocycles. The molecule has 0 saturated heterocycles. The lowest BCUT2D eigenvalue weighted by atomic mass is 10.1. The van der Waals surface area contributed by atoms with E-state index >= 15 is 0 Å². The first-order valence-corrected chi connectivity index (χ1v) is 6.29. The summed E-state index contributed by atoms with van der Waals surface area (Å²) in [6.07, 6.45) is 0. The van der Waals surface area contributed by atoms with Crippen molar-refractivity contribution >= 4 is 20.9 Å². The highest BCUT2D eigenvalue weighted by Crippen LogP contribution is 2.23. The molecule has 92 valence electrons. The van der Waals surface area contributed by atoms with Crippen LogP contribution in [0.4, 0.5) is 0 Å². The van der Waals surface area contributed by atoms with Gasteiger partial charge in [0.15, 0.2) is 0 Å². The van der Waals surface area contributed by atoms with Crippen molar-refractivity contribution in [3.05, 3.63) is 42.5 Å². The molecule has 4 nitrogen and oxygen atoms in total. The van der Waals surface area contributed by atoms with Crippen LogP contribution < -0.4 is 0 Å². The first-order valence-electron chi connectivity index (χ1n) is 4.88. The average Bonchev–Trinajstić information content (AvgIpc) is 2.40. The number of aliphatic hydroxyl groups excluding tert-OH is 1. The van der Waals surface area contributed by atoms with Crippen LogP contribution in [0.1, 0.15) is 0 Å². The van der Waals surface area contributed by atoms with Crippen LogP contribution in [0.15, 0.2) is 47.4 Å². The van der Waals surface area contributed by atoms with Gasteiger partial charge in [-0.05, 0) is 11.5 Å². The molecular weight excluding hydrogens is 240 g/mol. The van der Waals surface area contributed by atoms with Gasteiger partial charge in [-0.1, -0.05) is 36.4 Å². The predicted molar refractivity (Wildman–Crippen MR) is 66.3 cm³/mol. The first-order chi connectivity index (χ1) is 8.15. The van der Waals surface area contributed by atoms with E-state index in [0.29, 0.717) is 5.39 Å². The summed E-state index contributed by atoms with van der Waals surface area (Å²) >= 11 is 0. The lowest BCUT2D eigenvalue weighted by Crippen LogP contribution is -2.03. The van der Waals surface area contributed by atoms with Gasteiger partial charge in [-0.3, -0.25) is 4.18 Å². The molecule has 0 heterocycles. The van der Waals surface area contributed by atoms with Crippen molar-refractivity contribution in [2.75, 3.05) is 14.2 Å². The van der Waals surface area contributed by atoms with Crippen molar-refractivity contribution in [3.63, 3.8) is 0 Å². The van der Waals surface area contributed by atoms with Crippen LogP contribution in [0, 0.1) is 0 Å². The zero-order valence-electron chi connectivity index (χ0n) is 9.62. The van der Waals surface area contributed by atoms with E-state index in [9.17, 15) is 8.42 Å². The second-order valence-electron chi connectivity index (χ2n) is 3.10. The minimum Gasteiger partial charge on any atom is -0.400 e. The molecular formula is C12H14O4S. The molecule has 5 heteroatoms. The minimum atomic E-state index is -3.62. The van der Waals surface area contributed by atoms with E-state index in [1.807, 2.05) is 18.2 Å². The van der Waals surface area contributed by atoms with Crippen LogP contribution in [-0.2, 0) is 14.3 Å². The third-order valence-corrected chi connectivity index (χ3v) is 3.57. The molecule has 2 rings (SSSR count). The Balaban J connectivity index is 0.000000686. The summed E-state index contributed by atoms with van der Waals surface area (Å²) in [4.78, 5) is 0.211. The number of fused-ring (bicyclic) bond motifs is 1. The van der Waals surface area contributed by atoms with E-state index in [2.05, 4.69) is 4.18 Å². The summed E-state index contributed by atoms with van der Waals surface area (Å²) in [5, 5.41) is 8.57. The molecule has 0 aromatic heterocycles. The summed E-state index contributed by atoms with van der Waals surface area (Å²) in [6.45, 7) is 0. The van der Waals surface area contributed by atoms with E-state index in [0.717, 1.165) is 19.6 Å². The largest absolute Gasteiger partial charge is 0.400 e. The normalized spacial score (nSPS) is 10.8. The maximum atomic E-state index is 11.6. The topological polar surface area (TPSA) is 63.6 Å². The Bertz CT molecular complexity index is 585. The number of rotatable bonds is 2. The van der Waals surface area contributed by atoms with Crippen molar-refractivity contribution in [1.82, 2.24) is 0 Å². The second-order valence-corrected chi connectivity index (χ2v) is 4.78. The maximum absolute atomic E-state index is 11.6. The van der Waals surface area contributed by atoms with Crippen LogP contribution in [0.3, 0.4) is 0 Å². The van der Waals surface area contributed by atoms with Crippen molar-refractivity contribution in [1.29, 1.82) is 0 Å². The van der Waals surface area contributed by atoms with E-state index in [1.54, 1.807) is 24.3 Å². The van der Waals surface area contributed by atoms with Crippen LogP contribution >= 0.6 is 0 Å². The lowest BCUT2D eigenvalue weighted by molar-refractivity contribution is 0.398. The van der Waals surface area contributed by atoms with Gasteiger partial charge in [-0.15, -0.1) is 0 Å². The maximum Gasteiger partial charge on any atom is 0.297 e. The Morgan fingerprint density at radius 2 is 1.59 bits per heavy atom. The summed E-state index contributed by atoms with van der Waals surface area (Å²) in [5.74, 6) is 0. The van der Waals surface area contributed by atoms with Crippen molar-refractivity contribution in [3.8, 4) is 0 Å². The van der Waals surface area contributed by atoms with Gasteiger partial charge in [-0.2, -0.15) is 8.42 Å². The van der Waals surface area contributed by atoms with Crippen LogP contribution in [-0.4, -0.2) is 27.7 Å². The Morgan fingerprint density at radius 3 is 2.24 bits per heavy atom. The van der Waals surface area contributed by atoms with Gasteiger partial charge in [0.2, 0.25) is 0 Å². The molecule has 0 bridgehead atoms. The summed E-state index contributed by atoms with van der Waals surface area (Å²) in [7, 11) is -1.46. The summed E-state index contributed by atoms with van der Waals surface area (Å²) in [6, 6.07) is 12.4. The zero-order chi connectivity index (χ0) is 12.9. The molecule has 0 aliphatic carbocycles. The van der Waals surface area contributed by atoms with Gasteiger partial charge in [0.05, 0.1) is 7.11 Å². The lowest BCUT2D eigenvalue weighted by Gasteiger charge is -2.05. The molecule has 0 saturated carbocycles. The molecule has 0 aliphatic rings. The van der Waals surface area contributed by atoms with Gasteiger partial charge in [-0.25, -0.2) is 0 Å². The van der Waals surface area contributed by atoms with Gasteiger partial charge in [0.1, 0.15) is 4.90 Å². The molecule has 17 heavy (non-hydrogen) atoms. The molecule has 0 radical (unpaired) electrons. The molecule has 0 atom stereocenters. The number of hydrogen-bond acceptors (Lipinski definition) is 4. The Labute approximate surface area is 101 Å². The fourth-order valence-electron chi connectivity index (χ4n) is 1.50. The van der Waals surface area contributed by atoms with E-state index in [1.165, 1.54) is 0 Å². The second kappa shape index (κ2) is 5.77. The molecule has 0 fully saturated rings. The van der Waals surface area contributed by atoms with Crippen molar-refractivity contribution in [2.24, 2.45) is 0 Å². The number of benzene rings is 2. The Hall–Kier alpha value is -1.43. The van der Waals surface area contributed by atoms with Gasteiger partial charge in [0, 0.05) is 12.5 Å². The highest BCUT2D eigenvalue weighted by atomic mass is 32.2. The average molecular weight is 254 g/mol. The highest BCUT2D eigenvalue weighted by Gasteiger charge is 2.15. The smallest absolute Gasteiger partial charge is 0.297 e. The third kappa shape index (κ3) is 2.82. The zero-order valence-corrected chi connectivity index (χ0v) is 10.4. The Kier molecular flexibility index (Phi) is 4.62. The molecule has 0 aliphatic heterocycles. The Morgan fingerprint density at radius 1 is 1.00 bits per heavy atom. The molecule has 0 unspecified atom stereocenters. The van der Waals surface area contributed by atoms with Crippen LogP contribution in [0.5, 0.6) is 0 Å². The quantitative estimate of drug-likeness (QED) is 0.830. The summed E-state index contributed by atoms with van der Waals surface area (Å²) in [5.41, 5.74) is 0. The highest BCUT2D eigenvalue weighted by molar-refractivity contribution is 7.87. The SMILES string of the molecule is CO.COS(=O)(=O)c1cccc2ccccc12. The first kappa shape index (κ1) is 13.6. The number of hydrogen-bond donors (Lipinski definition) is 1. The van der Waals surface area contributed by atoms with Crippen LogP contribution in [0.2, 0.25) is 0 Å². The van der Waals surface area contributed by atoms with E-state index < -0.39 is 10.1 Å². The fraction of sp³-hybridized carbons (Fsp3) is 0.167. The monoisotopic (exact) mass is 254 g/mol. The van der Waals surface area contributed by atoms with Gasteiger partial charge < -0.3 is 5.11 Å². The van der Waals surface area contributed by atoms with Crippen molar-refractivity contribution < 1.29 is 17.7 Å².